The largest absolute Gasteiger partial charge is 0.383 e. The summed E-state index contributed by atoms with van der Waals surface area (Å²) in [5.74, 6) is 0.573. The van der Waals surface area contributed by atoms with E-state index in [1.807, 2.05) is 31.3 Å². The van der Waals surface area contributed by atoms with Crippen LogP contribution in [0, 0.1) is 5.92 Å². The summed E-state index contributed by atoms with van der Waals surface area (Å²) < 4.78 is 0. The Morgan fingerprint density at radius 3 is 2.90 bits per heavy atom. The fraction of sp³-hybridized carbons (Fsp3) is 0.412. The summed E-state index contributed by atoms with van der Waals surface area (Å²) in [4.78, 5) is 13.9. The van der Waals surface area contributed by atoms with Crippen molar-refractivity contribution in [3.8, 4) is 0 Å². The number of aromatic amines is 1. The van der Waals surface area contributed by atoms with Gasteiger partial charge in [-0.25, -0.2) is 9.97 Å². The molecule has 21 heavy (non-hydrogen) atoms. The lowest BCUT2D eigenvalue weighted by Gasteiger charge is -2.10. The third-order valence-electron chi connectivity index (χ3n) is 3.37. The van der Waals surface area contributed by atoms with Gasteiger partial charge in [-0.1, -0.05) is 32.4 Å². The summed E-state index contributed by atoms with van der Waals surface area (Å²) in [6, 6.07) is 2.03. The topological polar surface area (TPSA) is 44.8 Å². The molecule has 0 aliphatic carbocycles. The first-order valence-corrected chi connectivity index (χ1v) is 7.46. The lowest BCUT2D eigenvalue weighted by Crippen LogP contribution is -2.03. The van der Waals surface area contributed by atoms with Crippen LogP contribution in [0.4, 0.5) is 0 Å². The van der Waals surface area contributed by atoms with Gasteiger partial charge in [0.05, 0.1) is 5.69 Å². The van der Waals surface area contributed by atoms with Crippen molar-refractivity contribution in [3.63, 3.8) is 0 Å². The zero-order valence-electron chi connectivity index (χ0n) is 13.3. The van der Waals surface area contributed by atoms with E-state index < -0.39 is 0 Å². The molecule has 112 valence electrons. The number of aromatic nitrogens is 3. The Labute approximate surface area is 126 Å². The maximum atomic E-state index is 4.48. The molecule has 1 atom stereocenters. The van der Waals surface area contributed by atoms with E-state index in [-0.39, 0.29) is 0 Å². The van der Waals surface area contributed by atoms with Gasteiger partial charge in [-0.2, -0.15) is 0 Å². The number of allylic oxidation sites excluding steroid dienone is 3. The number of fused-ring (bicyclic) bond motifs is 1. The number of nitrogens with one attached hydrogen (secondary N) is 1. The van der Waals surface area contributed by atoms with Crippen molar-refractivity contribution in [2.75, 3.05) is 14.1 Å². The molecule has 0 saturated carbocycles. The van der Waals surface area contributed by atoms with Crippen LogP contribution in [0.5, 0.6) is 0 Å². The molecule has 0 radical (unpaired) electrons. The Hall–Kier alpha value is -2.10. The van der Waals surface area contributed by atoms with E-state index in [2.05, 4.69) is 47.2 Å². The van der Waals surface area contributed by atoms with Crippen LogP contribution in [0.3, 0.4) is 0 Å². The van der Waals surface area contributed by atoms with E-state index in [1.54, 1.807) is 6.33 Å². The highest BCUT2D eigenvalue weighted by atomic mass is 15.0. The molecule has 2 rings (SSSR count). The quantitative estimate of drug-likeness (QED) is 0.819. The van der Waals surface area contributed by atoms with Gasteiger partial charge in [0.2, 0.25) is 0 Å². The van der Waals surface area contributed by atoms with Gasteiger partial charge < -0.3 is 9.88 Å². The summed E-state index contributed by atoms with van der Waals surface area (Å²) >= 11 is 0. The van der Waals surface area contributed by atoms with Gasteiger partial charge in [0.15, 0.2) is 0 Å². The molecule has 0 bridgehead atoms. The average Bonchev–Trinajstić information content (AvgIpc) is 2.91. The van der Waals surface area contributed by atoms with Gasteiger partial charge in [-0.3, -0.25) is 0 Å². The maximum Gasteiger partial charge on any atom is 0.141 e. The highest BCUT2D eigenvalue weighted by Crippen LogP contribution is 2.23. The van der Waals surface area contributed by atoms with Crippen LogP contribution in [-0.4, -0.2) is 33.9 Å². The van der Waals surface area contributed by atoms with Crippen LogP contribution >= 0.6 is 0 Å². The first-order valence-electron chi connectivity index (χ1n) is 7.46. The Balaban J connectivity index is 2.39. The standard InChI is InChI=1S/C17H24N4/c1-5-6-13(2)7-8-14(11-21(3)4)16-15-9-10-18-17(15)20-12-19-16/h7-13H,5-6H2,1-4H3,(H,18,19,20)/b8-7-,14-11-. The van der Waals surface area contributed by atoms with Crippen molar-refractivity contribution in [1.29, 1.82) is 0 Å². The molecular formula is C17H24N4. The predicted octanol–water partition coefficient (Wildman–Crippen LogP) is 3.85. The third kappa shape index (κ3) is 3.94. The maximum absolute atomic E-state index is 4.48. The molecule has 2 aromatic heterocycles. The molecule has 0 spiro atoms. The van der Waals surface area contributed by atoms with E-state index >= 15 is 0 Å². The molecule has 0 aromatic carbocycles. The van der Waals surface area contributed by atoms with Crippen molar-refractivity contribution in [3.05, 3.63) is 42.6 Å². The fourth-order valence-electron chi connectivity index (χ4n) is 2.38. The molecule has 0 aliphatic rings. The monoisotopic (exact) mass is 284 g/mol. The van der Waals surface area contributed by atoms with Crippen molar-refractivity contribution in [1.82, 2.24) is 19.9 Å². The SMILES string of the molecule is CCCC(C)/C=C\C(=C\N(C)C)c1ncnc2[nH]ccc12. The zero-order valence-corrected chi connectivity index (χ0v) is 13.3. The number of nitrogens with zero attached hydrogens (tertiary/aromatic N) is 3. The van der Waals surface area contributed by atoms with Gasteiger partial charge >= 0.3 is 0 Å². The van der Waals surface area contributed by atoms with Gasteiger partial charge in [0, 0.05) is 37.5 Å². The summed E-state index contributed by atoms with van der Waals surface area (Å²) in [5, 5.41) is 1.05. The lowest BCUT2D eigenvalue weighted by molar-refractivity contribution is 0.565. The molecule has 0 fully saturated rings. The van der Waals surface area contributed by atoms with Crippen LogP contribution in [0.15, 0.2) is 36.9 Å². The number of hydrogen-bond donors (Lipinski definition) is 1. The van der Waals surface area contributed by atoms with E-state index in [9.17, 15) is 0 Å². The van der Waals surface area contributed by atoms with Crippen molar-refractivity contribution in [2.45, 2.75) is 26.7 Å². The smallest absolute Gasteiger partial charge is 0.141 e. The third-order valence-corrected chi connectivity index (χ3v) is 3.37. The lowest BCUT2D eigenvalue weighted by atomic mass is 10.0. The highest BCUT2D eigenvalue weighted by molar-refractivity contribution is 5.90. The number of rotatable bonds is 6. The van der Waals surface area contributed by atoms with Crippen LogP contribution < -0.4 is 0 Å². The second-order valence-corrected chi connectivity index (χ2v) is 5.64. The summed E-state index contributed by atoms with van der Waals surface area (Å²) in [6.45, 7) is 4.47. The minimum absolute atomic E-state index is 0.573. The molecule has 4 heteroatoms. The predicted molar refractivity (Wildman–Crippen MR) is 88.8 cm³/mol. The summed E-state index contributed by atoms with van der Waals surface area (Å²) in [6.07, 6.45) is 12.5. The summed E-state index contributed by atoms with van der Waals surface area (Å²) in [7, 11) is 4.05. The molecule has 2 heterocycles. The van der Waals surface area contributed by atoms with Crippen molar-refractivity contribution >= 4 is 16.6 Å². The van der Waals surface area contributed by atoms with Crippen LogP contribution in [-0.2, 0) is 0 Å². The van der Waals surface area contributed by atoms with E-state index in [1.165, 1.54) is 12.8 Å². The van der Waals surface area contributed by atoms with Crippen LogP contribution in [0.25, 0.3) is 16.6 Å². The number of hydrogen-bond acceptors (Lipinski definition) is 3. The van der Waals surface area contributed by atoms with Gasteiger partial charge in [0.25, 0.3) is 0 Å². The van der Waals surface area contributed by atoms with Crippen LogP contribution in [0.2, 0.25) is 0 Å². The Morgan fingerprint density at radius 1 is 1.38 bits per heavy atom. The Morgan fingerprint density at radius 2 is 2.19 bits per heavy atom. The molecular weight excluding hydrogens is 260 g/mol. The molecule has 0 saturated heterocycles. The molecule has 4 nitrogen and oxygen atoms in total. The van der Waals surface area contributed by atoms with E-state index in [4.69, 9.17) is 0 Å². The fourth-order valence-corrected chi connectivity index (χ4v) is 2.38. The van der Waals surface area contributed by atoms with Gasteiger partial charge in [-0.05, 0) is 18.4 Å². The zero-order chi connectivity index (χ0) is 15.2. The second-order valence-electron chi connectivity index (χ2n) is 5.64. The van der Waals surface area contributed by atoms with Crippen molar-refractivity contribution in [2.24, 2.45) is 5.92 Å². The molecule has 1 unspecified atom stereocenters. The number of H-pyrrole nitrogens is 1. The Kier molecular flexibility index (Phi) is 5.14. The highest BCUT2D eigenvalue weighted by Gasteiger charge is 2.08. The van der Waals surface area contributed by atoms with Crippen LogP contribution in [0.1, 0.15) is 32.4 Å². The normalized spacial score (nSPS) is 14.0. The molecule has 0 amide bonds. The minimum Gasteiger partial charge on any atom is -0.383 e. The first-order chi connectivity index (χ1) is 10.1. The first kappa shape index (κ1) is 15.3. The van der Waals surface area contributed by atoms with E-state index in [0.29, 0.717) is 5.92 Å². The van der Waals surface area contributed by atoms with Gasteiger partial charge in [-0.15, -0.1) is 0 Å². The van der Waals surface area contributed by atoms with Gasteiger partial charge in [0.1, 0.15) is 12.0 Å². The second kappa shape index (κ2) is 7.07. The Bertz CT molecular complexity index is 637. The molecule has 0 aliphatic heterocycles. The average molecular weight is 284 g/mol. The molecule has 2 aromatic rings. The summed E-state index contributed by atoms with van der Waals surface area (Å²) in [5.41, 5.74) is 2.95. The van der Waals surface area contributed by atoms with E-state index in [0.717, 1.165) is 22.3 Å². The minimum atomic E-state index is 0.573. The molecule has 1 N–H and O–H groups in total. The van der Waals surface area contributed by atoms with Crippen molar-refractivity contribution < 1.29 is 0 Å².